The van der Waals surface area contributed by atoms with E-state index in [1.54, 1.807) is 0 Å². The minimum absolute atomic E-state index is 0.0675. The van der Waals surface area contributed by atoms with Crippen LogP contribution in [0.2, 0.25) is 0 Å². The van der Waals surface area contributed by atoms with Crippen molar-refractivity contribution in [2.24, 2.45) is 0 Å². The third-order valence-electron chi connectivity index (χ3n) is 3.29. The molecule has 0 radical (unpaired) electrons. The van der Waals surface area contributed by atoms with E-state index in [2.05, 4.69) is 39.0 Å². The molecule has 0 bridgehead atoms. The van der Waals surface area contributed by atoms with Gasteiger partial charge < -0.3 is 10.7 Å². The highest BCUT2D eigenvalue weighted by Crippen LogP contribution is 2.26. The molecule has 3 rings (SSSR count). The van der Waals surface area contributed by atoms with Gasteiger partial charge in [-0.05, 0) is 31.9 Å². The van der Waals surface area contributed by atoms with Gasteiger partial charge in [0, 0.05) is 5.56 Å². The fraction of sp³-hybridized carbons (Fsp3) is 0.214. The second kappa shape index (κ2) is 4.19. The van der Waals surface area contributed by atoms with E-state index >= 15 is 0 Å². The first kappa shape index (κ1) is 12.4. The summed E-state index contributed by atoms with van der Waals surface area (Å²) in [4.78, 5) is 25.7. The van der Waals surface area contributed by atoms with Crippen LogP contribution in [-0.4, -0.2) is 19.9 Å². The lowest BCUT2D eigenvalue weighted by molar-refractivity contribution is 1.17. The Bertz CT molecular complexity index is 852. The number of nitrogens with zero attached hydrogens (tertiary/aromatic N) is 2. The summed E-state index contributed by atoms with van der Waals surface area (Å²) in [6.45, 7) is 6.10. The third kappa shape index (κ3) is 1.85. The number of imidazole rings is 1. The second-order valence-electron chi connectivity index (χ2n) is 5.01. The van der Waals surface area contributed by atoms with E-state index in [-0.39, 0.29) is 11.5 Å². The topological polar surface area (TPSA) is 100 Å². The molecule has 1 aromatic carbocycles. The van der Waals surface area contributed by atoms with Gasteiger partial charge >= 0.3 is 0 Å². The molecule has 0 aliphatic heterocycles. The van der Waals surface area contributed by atoms with Crippen molar-refractivity contribution in [1.82, 2.24) is 19.9 Å². The molecule has 0 aliphatic carbocycles. The van der Waals surface area contributed by atoms with E-state index in [4.69, 9.17) is 5.73 Å². The molecule has 0 saturated heterocycles. The van der Waals surface area contributed by atoms with Crippen LogP contribution < -0.4 is 11.3 Å². The van der Waals surface area contributed by atoms with Gasteiger partial charge in [0.05, 0.1) is 0 Å². The number of H-pyrrole nitrogens is 2. The lowest BCUT2D eigenvalue weighted by Crippen LogP contribution is -2.10. The summed E-state index contributed by atoms with van der Waals surface area (Å²) in [7, 11) is 0. The second-order valence-corrected chi connectivity index (χ2v) is 5.01. The van der Waals surface area contributed by atoms with Gasteiger partial charge in [0.25, 0.3) is 5.56 Å². The molecule has 0 amide bonds. The Labute approximate surface area is 115 Å². The van der Waals surface area contributed by atoms with Gasteiger partial charge in [-0.3, -0.25) is 9.78 Å². The minimum Gasteiger partial charge on any atom is -0.369 e. The van der Waals surface area contributed by atoms with Gasteiger partial charge in [0.2, 0.25) is 5.95 Å². The zero-order valence-corrected chi connectivity index (χ0v) is 11.5. The zero-order valence-electron chi connectivity index (χ0n) is 11.5. The van der Waals surface area contributed by atoms with E-state index in [0.29, 0.717) is 17.0 Å². The maximum atomic E-state index is 11.8. The number of aromatic amines is 2. The zero-order chi connectivity index (χ0) is 14.4. The maximum absolute atomic E-state index is 11.8. The van der Waals surface area contributed by atoms with Gasteiger partial charge in [-0.15, -0.1) is 0 Å². The summed E-state index contributed by atoms with van der Waals surface area (Å²) in [6.07, 6.45) is 0. The van der Waals surface area contributed by atoms with Gasteiger partial charge in [0.1, 0.15) is 5.82 Å². The van der Waals surface area contributed by atoms with Crippen LogP contribution in [0.1, 0.15) is 16.7 Å². The number of nitrogens with two attached hydrogens (primary N) is 1. The Morgan fingerprint density at radius 3 is 2.35 bits per heavy atom. The largest absolute Gasteiger partial charge is 0.369 e. The fourth-order valence-corrected chi connectivity index (χ4v) is 2.60. The summed E-state index contributed by atoms with van der Waals surface area (Å²) in [5, 5.41) is 0. The number of benzene rings is 1. The molecule has 0 saturated carbocycles. The molecule has 0 spiro atoms. The van der Waals surface area contributed by atoms with Gasteiger partial charge in [0.15, 0.2) is 11.2 Å². The molecule has 0 atom stereocenters. The molecule has 0 unspecified atom stereocenters. The molecule has 2 heterocycles. The molecule has 6 heteroatoms. The van der Waals surface area contributed by atoms with Crippen molar-refractivity contribution in [3.8, 4) is 11.4 Å². The molecule has 0 aliphatic rings. The van der Waals surface area contributed by atoms with E-state index < -0.39 is 0 Å². The Morgan fingerprint density at radius 2 is 1.70 bits per heavy atom. The van der Waals surface area contributed by atoms with Crippen LogP contribution in [0, 0.1) is 20.8 Å². The van der Waals surface area contributed by atoms with Crippen molar-refractivity contribution in [2.75, 3.05) is 5.73 Å². The first-order valence-electron chi connectivity index (χ1n) is 6.29. The molecule has 0 fully saturated rings. The SMILES string of the molecule is Cc1cc(C)c(-c2nc3nc(N)[nH]c(=O)c3[nH]2)c(C)c1. The van der Waals surface area contributed by atoms with Crippen LogP contribution in [0.3, 0.4) is 0 Å². The number of aromatic nitrogens is 4. The Kier molecular flexibility index (Phi) is 2.60. The quantitative estimate of drug-likeness (QED) is 0.627. The Balaban J connectivity index is 2.31. The highest BCUT2D eigenvalue weighted by atomic mass is 16.1. The number of hydrogen-bond donors (Lipinski definition) is 3. The fourth-order valence-electron chi connectivity index (χ4n) is 2.60. The highest BCUT2D eigenvalue weighted by molar-refractivity contribution is 5.77. The highest BCUT2D eigenvalue weighted by Gasteiger charge is 2.14. The number of hydrogen-bond acceptors (Lipinski definition) is 4. The normalized spacial score (nSPS) is 11.2. The van der Waals surface area contributed by atoms with Crippen molar-refractivity contribution >= 4 is 17.1 Å². The molecule has 2 aromatic heterocycles. The predicted molar refractivity (Wildman–Crippen MR) is 78.6 cm³/mol. The molecular weight excluding hydrogens is 254 g/mol. The summed E-state index contributed by atoms with van der Waals surface area (Å²) in [6, 6.07) is 4.17. The van der Waals surface area contributed by atoms with Crippen LogP contribution in [0.4, 0.5) is 5.95 Å². The number of anilines is 1. The number of aryl methyl sites for hydroxylation is 3. The number of nitrogen functional groups attached to an aromatic ring is 1. The van der Waals surface area contributed by atoms with Crippen molar-refractivity contribution in [3.05, 3.63) is 39.2 Å². The first-order chi connectivity index (χ1) is 9.45. The van der Waals surface area contributed by atoms with Crippen molar-refractivity contribution in [2.45, 2.75) is 20.8 Å². The van der Waals surface area contributed by atoms with Crippen molar-refractivity contribution in [1.29, 1.82) is 0 Å². The smallest absolute Gasteiger partial charge is 0.278 e. The molecule has 6 nitrogen and oxygen atoms in total. The summed E-state index contributed by atoms with van der Waals surface area (Å²) in [5.41, 5.74) is 10.3. The first-order valence-corrected chi connectivity index (χ1v) is 6.29. The van der Waals surface area contributed by atoms with E-state index in [0.717, 1.165) is 16.7 Å². The van der Waals surface area contributed by atoms with Crippen molar-refractivity contribution in [3.63, 3.8) is 0 Å². The average Bonchev–Trinajstić information content (AvgIpc) is 2.71. The Hall–Kier alpha value is -2.63. The Morgan fingerprint density at radius 1 is 1.05 bits per heavy atom. The minimum atomic E-state index is -0.311. The summed E-state index contributed by atoms with van der Waals surface area (Å²) >= 11 is 0. The molecule has 4 N–H and O–H groups in total. The number of fused-ring (bicyclic) bond motifs is 1. The molecule has 102 valence electrons. The number of rotatable bonds is 1. The third-order valence-corrected chi connectivity index (χ3v) is 3.29. The van der Waals surface area contributed by atoms with Crippen LogP contribution >= 0.6 is 0 Å². The molecule has 3 aromatic rings. The monoisotopic (exact) mass is 269 g/mol. The van der Waals surface area contributed by atoms with E-state index in [1.807, 2.05) is 13.8 Å². The van der Waals surface area contributed by atoms with Gasteiger partial charge in [-0.1, -0.05) is 17.7 Å². The van der Waals surface area contributed by atoms with E-state index in [9.17, 15) is 4.79 Å². The average molecular weight is 269 g/mol. The van der Waals surface area contributed by atoms with Crippen LogP contribution in [0.5, 0.6) is 0 Å². The summed E-state index contributed by atoms with van der Waals surface area (Å²) in [5.74, 6) is 0.705. The lowest BCUT2D eigenvalue weighted by Gasteiger charge is -2.08. The lowest BCUT2D eigenvalue weighted by atomic mass is 9.99. The van der Waals surface area contributed by atoms with E-state index in [1.165, 1.54) is 5.56 Å². The molecular formula is C14H15N5O. The van der Waals surface area contributed by atoms with Crippen LogP contribution in [0.15, 0.2) is 16.9 Å². The van der Waals surface area contributed by atoms with Crippen molar-refractivity contribution < 1.29 is 0 Å². The van der Waals surface area contributed by atoms with Gasteiger partial charge in [-0.25, -0.2) is 4.98 Å². The maximum Gasteiger partial charge on any atom is 0.278 e. The molecule has 20 heavy (non-hydrogen) atoms. The van der Waals surface area contributed by atoms with Crippen LogP contribution in [-0.2, 0) is 0 Å². The number of nitrogens with one attached hydrogen (secondary N) is 2. The standard InChI is InChI=1S/C14H15N5O/c1-6-4-7(2)9(8(3)5-6)11-16-10-12(17-11)18-14(15)19-13(10)20/h4-5H,1-3H3,(H4,15,16,17,18,19,20). The van der Waals surface area contributed by atoms with Gasteiger partial charge in [-0.2, -0.15) is 4.98 Å². The summed E-state index contributed by atoms with van der Waals surface area (Å²) < 4.78 is 0. The predicted octanol–water partition coefficient (Wildman–Crippen LogP) is 1.82. The van der Waals surface area contributed by atoms with Crippen LogP contribution in [0.25, 0.3) is 22.6 Å².